The Hall–Kier alpha value is -1.77. The first-order valence-corrected chi connectivity index (χ1v) is 8.40. The van der Waals surface area contributed by atoms with Crippen LogP contribution >= 0.6 is 0 Å². The first-order valence-electron chi connectivity index (χ1n) is 8.40. The molecule has 136 valence electrons. The average molecular weight is 342 g/mol. The number of esters is 1. The van der Waals surface area contributed by atoms with Gasteiger partial charge in [-0.25, -0.2) is 0 Å². The van der Waals surface area contributed by atoms with E-state index in [4.69, 9.17) is 4.74 Å². The normalized spacial score (nSPS) is 34.2. The first kappa shape index (κ1) is 20.3. The van der Waals surface area contributed by atoms with E-state index >= 15 is 0 Å². The molecule has 0 aliphatic carbocycles. The quantitative estimate of drug-likeness (QED) is 0.620. The highest BCUT2D eigenvalue weighted by atomic mass is 16.5. The van der Waals surface area contributed by atoms with Gasteiger partial charge in [0.05, 0.1) is 12.0 Å². The van der Waals surface area contributed by atoms with Crippen LogP contribution in [-0.4, -0.2) is 43.3 Å². The maximum absolute atomic E-state index is 12.0. The molecule has 1 rings (SSSR count). The second-order valence-electron chi connectivity index (χ2n) is 6.38. The number of ether oxygens (including phenoxy) is 1. The molecule has 1 heterocycles. The van der Waals surface area contributed by atoms with Crippen LogP contribution in [0.4, 0.5) is 0 Å². The molecule has 0 amide bonds. The lowest BCUT2D eigenvalue weighted by molar-refractivity contribution is -0.148. The van der Waals surface area contributed by atoms with Crippen LogP contribution < -0.4 is 5.32 Å². The van der Waals surface area contributed by atoms with E-state index in [1.165, 1.54) is 0 Å². The van der Waals surface area contributed by atoms with Crippen molar-refractivity contribution >= 4 is 5.97 Å². The van der Waals surface area contributed by atoms with Crippen molar-refractivity contribution in [1.82, 2.24) is 5.32 Å². The predicted octanol–water partition coefficient (Wildman–Crippen LogP) is 2.51. The van der Waals surface area contributed by atoms with Crippen LogP contribution in [0.1, 0.15) is 46.0 Å². The van der Waals surface area contributed by atoms with E-state index in [0.29, 0.717) is 32.2 Å². The number of nitroso groups, excluding NO2 is 3. The molecular formula is C15H26N4O5. The minimum Gasteiger partial charge on any atom is -0.463 e. The highest BCUT2D eigenvalue weighted by Crippen LogP contribution is 2.17. The fourth-order valence-corrected chi connectivity index (χ4v) is 2.81. The molecule has 5 atom stereocenters. The van der Waals surface area contributed by atoms with Crippen LogP contribution in [0.15, 0.2) is 15.5 Å². The summed E-state index contributed by atoms with van der Waals surface area (Å²) in [5.74, 6) is -0.799. The molecule has 0 aromatic rings. The highest BCUT2D eigenvalue weighted by Gasteiger charge is 2.31. The van der Waals surface area contributed by atoms with E-state index < -0.39 is 24.1 Å². The van der Waals surface area contributed by atoms with Crippen LogP contribution in [0, 0.1) is 20.6 Å². The van der Waals surface area contributed by atoms with Crippen LogP contribution in [-0.2, 0) is 9.53 Å². The van der Waals surface area contributed by atoms with Gasteiger partial charge in [0.2, 0.25) is 0 Å². The van der Waals surface area contributed by atoms with Crippen LogP contribution in [0.3, 0.4) is 0 Å². The van der Waals surface area contributed by atoms with E-state index in [-0.39, 0.29) is 18.6 Å². The van der Waals surface area contributed by atoms with E-state index in [9.17, 15) is 19.5 Å². The molecule has 1 aliphatic rings. The van der Waals surface area contributed by atoms with Gasteiger partial charge in [0.15, 0.2) is 6.04 Å². The van der Waals surface area contributed by atoms with Gasteiger partial charge in [0.25, 0.3) is 0 Å². The van der Waals surface area contributed by atoms with Gasteiger partial charge >= 0.3 is 5.97 Å². The Morgan fingerprint density at radius 3 is 2.33 bits per heavy atom. The summed E-state index contributed by atoms with van der Waals surface area (Å²) in [5, 5.41) is 12.1. The number of rotatable bonds is 3. The third kappa shape index (κ3) is 6.38. The van der Waals surface area contributed by atoms with E-state index in [1.807, 2.05) is 0 Å². The number of hydrogen-bond acceptors (Lipinski definition) is 9. The number of carbonyl (C=O) groups is 1. The van der Waals surface area contributed by atoms with Gasteiger partial charge in [-0.05, 0) is 39.2 Å². The average Bonchev–Trinajstić information content (AvgIpc) is 2.59. The second kappa shape index (κ2) is 10.9. The SMILES string of the molecule is C[C@@H]1CCC[C@H](N=O)CCCN[C@H](C)[C@@H](N=O)[C@H](N=O)COC1=O. The monoisotopic (exact) mass is 342 g/mol. The zero-order chi connectivity index (χ0) is 17.9. The molecule has 0 saturated carbocycles. The predicted molar refractivity (Wildman–Crippen MR) is 89.4 cm³/mol. The van der Waals surface area contributed by atoms with Crippen molar-refractivity contribution in [3.05, 3.63) is 14.7 Å². The fraction of sp³-hybridized carbons (Fsp3) is 0.933. The molecule has 0 spiro atoms. The van der Waals surface area contributed by atoms with Gasteiger partial charge in [-0.3, -0.25) is 4.79 Å². The summed E-state index contributed by atoms with van der Waals surface area (Å²) < 4.78 is 5.12. The lowest BCUT2D eigenvalue weighted by Gasteiger charge is -2.23. The summed E-state index contributed by atoms with van der Waals surface area (Å²) in [6, 6.07) is -2.61. The van der Waals surface area contributed by atoms with Crippen molar-refractivity contribution < 1.29 is 9.53 Å². The van der Waals surface area contributed by atoms with Crippen molar-refractivity contribution in [3.63, 3.8) is 0 Å². The van der Waals surface area contributed by atoms with Gasteiger partial charge < -0.3 is 10.1 Å². The number of nitrogens with zero attached hydrogens (tertiary/aromatic N) is 3. The minimum atomic E-state index is -1.02. The van der Waals surface area contributed by atoms with E-state index in [1.54, 1.807) is 13.8 Å². The summed E-state index contributed by atoms with van der Waals surface area (Å²) in [6.07, 6.45) is 3.26. The van der Waals surface area contributed by atoms with Crippen molar-refractivity contribution in [2.24, 2.45) is 21.4 Å². The Bertz CT molecular complexity index is 434. The molecule has 9 nitrogen and oxygen atoms in total. The van der Waals surface area contributed by atoms with Gasteiger partial charge in [-0.1, -0.05) is 28.9 Å². The topological polar surface area (TPSA) is 127 Å². The Morgan fingerprint density at radius 2 is 1.71 bits per heavy atom. The minimum absolute atomic E-state index is 0.256. The maximum atomic E-state index is 12.0. The number of hydrogen-bond donors (Lipinski definition) is 1. The molecule has 0 bridgehead atoms. The van der Waals surface area contributed by atoms with Gasteiger partial charge in [0.1, 0.15) is 12.6 Å². The highest BCUT2D eigenvalue weighted by molar-refractivity contribution is 5.71. The van der Waals surface area contributed by atoms with Crippen LogP contribution in [0.2, 0.25) is 0 Å². The Kier molecular flexibility index (Phi) is 9.21. The molecule has 0 aromatic carbocycles. The second-order valence-corrected chi connectivity index (χ2v) is 6.38. The summed E-state index contributed by atoms with van der Waals surface area (Å²) in [4.78, 5) is 45.0. The molecule has 1 saturated heterocycles. The maximum Gasteiger partial charge on any atom is 0.308 e. The number of nitrogens with one attached hydrogen (secondary N) is 1. The van der Waals surface area contributed by atoms with Crippen molar-refractivity contribution in [2.45, 2.75) is 70.1 Å². The molecule has 1 fully saturated rings. The largest absolute Gasteiger partial charge is 0.463 e. The van der Waals surface area contributed by atoms with Gasteiger partial charge in [0, 0.05) is 6.04 Å². The molecule has 0 aromatic heterocycles. The van der Waals surface area contributed by atoms with Crippen molar-refractivity contribution in [3.8, 4) is 0 Å². The zero-order valence-corrected chi connectivity index (χ0v) is 14.2. The standard InChI is InChI=1S/C15H26N4O5/c1-10-5-3-6-12(17-21)7-4-8-16-11(2)14(19-23)13(18-22)9-24-15(10)20/h10-14,16H,3-9H2,1-2H3/t10-,11-,12+,13-,14-/m1/s1. The molecule has 0 radical (unpaired) electrons. The van der Waals surface area contributed by atoms with Gasteiger partial charge in [-0.15, -0.1) is 0 Å². The van der Waals surface area contributed by atoms with Crippen LogP contribution in [0.5, 0.6) is 0 Å². The Labute approximate surface area is 141 Å². The number of carbonyl (C=O) groups excluding carboxylic acids is 1. The smallest absolute Gasteiger partial charge is 0.308 e. The third-order valence-electron chi connectivity index (χ3n) is 4.47. The molecule has 0 unspecified atom stereocenters. The van der Waals surface area contributed by atoms with Crippen molar-refractivity contribution in [1.29, 1.82) is 0 Å². The zero-order valence-electron chi connectivity index (χ0n) is 14.2. The Balaban J connectivity index is 2.80. The molecule has 24 heavy (non-hydrogen) atoms. The first-order chi connectivity index (χ1) is 11.5. The molecular weight excluding hydrogens is 316 g/mol. The summed E-state index contributed by atoms with van der Waals surface area (Å²) in [5.41, 5.74) is 0. The lowest BCUT2D eigenvalue weighted by Crippen LogP contribution is -2.44. The Morgan fingerprint density at radius 1 is 1.00 bits per heavy atom. The van der Waals surface area contributed by atoms with E-state index in [2.05, 4.69) is 20.8 Å². The lowest BCUT2D eigenvalue weighted by atomic mass is 9.99. The fourth-order valence-electron chi connectivity index (χ4n) is 2.81. The van der Waals surface area contributed by atoms with Crippen LogP contribution in [0.25, 0.3) is 0 Å². The van der Waals surface area contributed by atoms with Gasteiger partial charge in [-0.2, -0.15) is 14.7 Å². The molecule has 1 N–H and O–H groups in total. The summed E-state index contributed by atoms with van der Waals surface area (Å²) in [7, 11) is 0. The molecule has 1 aliphatic heterocycles. The van der Waals surface area contributed by atoms with Crippen molar-refractivity contribution in [2.75, 3.05) is 13.2 Å². The van der Waals surface area contributed by atoms with E-state index in [0.717, 1.165) is 6.42 Å². The number of cyclic esters (lactones) is 1. The summed E-state index contributed by atoms with van der Waals surface area (Å²) >= 11 is 0. The third-order valence-corrected chi connectivity index (χ3v) is 4.47. The molecule has 9 heteroatoms. The summed E-state index contributed by atoms with van der Waals surface area (Å²) in [6.45, 7) is 3.77.